The summed E-state index contributed by atoms with van der Waals surface area (Å²) in [5.74, 6) is -1.34. The molecule has 0 bridgehead atoms. The number of halogens is 1. The maximum atomic E-state index is 12.2. The van der Waals surface area contributed by atoms with E-state index >= 15 is 0 Å². The highest BCUT2D eigenvalue weighted by atomic mass is 35.5. The number of hydrogen-bond acceptors (Lipinski definition) is 5. The van der Waals surface area contributed by atoms with Gasteiger partial charge in [-0.05, 0) is 30.3 Å². The number of nitrogens with one attached hydrogen (secondary N) is 1. The molecular formula is C12H11ClN2O4S2. The van der Waals surface area contributed by atoms with Crippen molar-refractivity contribution in [3.63, 3.8) is 0 Å². The van der Waals surface area contributed by atoms with Crippen LogP contribution in [0.2, 0.25) is 4.34 Å². The first-order chi connectivity index (χ1) is 9.79. The molecule has 0 saturated carbocycles. The minimum atomic E-state index is -3.99. The van der Waals surface area contributed by atoms with Crippen molar-refractivity contribution in [1.29, 1.82) is 0 Å². The van der Waals surface area contributed by atoms with Crippen LogP contribution in [0.5, 0.6) is 0 Å². The molecule has 1 aromatic carbocycles. The third kappa shape index (κ3) is 3.73. The maximum Gasteiger partial charge on any atom is 0.337 e. The second-order valence-corrected chi connectivity index (χ2v) is 7.63. The maximum absolute atomic E-state index is 12.2. The van der Waals surface area contributed by atoms with Crippen LogP contribution in [-0.2, 0) is 16.6 Å². The van der Waals surface area contributed by atoms with E-state index in [9.17, 15) is 13.2 Å². The Hall–Kier alpha value is -1.61. The Morgan fingerprint density at radius 3 is 2.62 bits per heavy atom. The summed E-state index contributed by atoms with van der Waals surface area (Å²) in [6, 6.07) is 6.95. The van der Waals surface area contributed by atoms with Gasteiger partial charge in [-0.15, -0.1) is 11.3 Å². The second kappa shape index (κ2) is 6.02. The fourth-order valence-electron chi connectivity index (χ4n) is 1.63. The van der Waals surface area contributed by atoms with Gasteiger partial charge in [0.1, 0.15) is 0 Å². The molecule has 1 heterocycles. The van der Waals surface area contributed by atoms with Crippen molar-refractivity contribution in [2.75, 3.05) is 5.73 Å². The van der Waals surface area contributed by atoms with E-state index in [1.54, 1.807) is 12.1 Å². The molecule has 4 N–H and O–H groups in total. The normalized spacial score (nSPS) is 11.5. The van der Waals surface area contributed by atoms with Crippen molar-refractivity contribution in [3.8, 4) is 0 Å². The molecule has 0 radical (unpaired) electrons. The molecule has 21 heavy (non-hydrogen) atoms. The number of hydrogen-bond donors (Lipinski definition) is 3. The van der Waals surface area contributed by atoms with E-state index in [4.69, 9.17) is 22.4 Å². The molecule has 0 spiro atoms. The summed E-state index contributed by atoms with van der Waals surface area (Å²) in [7, 11) is -3.99. The lowest BCUT2D eigenvalue weighted by atomic mass is 10.2. The Bertz CT molecular complexity index is 786. The number of anilines is 1. The zero-order valence-electron chi connectivity index (χ0n) is 10.5. The van der Waals surface area contributed by atoms with Gasteiger partial charge in [0, 0.05) is 17.1 Å². The Kier molecular flexibility index (Phi) is 4.52. The fraction of sp³-hybridized carbons (Fsp3) is 0.0833. The zero-order valence-corrected chi connectivity index (χ0v) is 12.9. The SMILES string of the molecule is Nc1ccc(C(=O)O)c(S(=O)(=O)NCc2ccc(Cl)s2)c1. The number of nitrogen functional groups attached to an aromatic ring is 1. The predicted molar refractivity (Wildman–Crippen MR) is 81.2 cm³/mol. The first-order valence-electron chi connectivity index (χ1n) is 5.66. The molecule has 0 aliphatic carbocycles. The fourth-order valence-corrected chi connectivity index (χ4v) is 3.98. The summed E-state index contributed by atoms with van der Waals surface area (Å²) < 4.78 is 27.3. The Morgan fingerprint density at radius 1 is 1.33 bits per heavy atom. The van der Waals surface area contributed by atoms with Crippen LogP contribution in [0.3, 0.4) is 0 Å². The summed E-state index contributed by atoms with van der Waals surface area (Å²) in [5, 5.41) is 9.06. The van der Waals surface area contributed by atoms with Gasteiger partial charge in [0.05, 0.1) is 14.8 Å². The van der Waals surface area contributed by atoms with E-state index in [1.165, 1.54) is 17.4 Å². The minimum absolute atomic E-state index is 0.0214. The zero-order chi connectivity index (χ0) is 15.6. The molecule has 0 atom stereocenters. The summed E-state index contributed by atoms with van der Waals surface area (Å²) in [6.07, 6.45) is 0. The number of sulfonamides is 1. The van der Waals surface area contributed by atoms with E-state index < -0.39 is 16.0 Å². The quantitative estimate of drug-likeness (QED) is 0.719. The van der Waals surface area contributed by atoms with E-state index in [-0.39, 0.29) is 22.7 Å². The van der Waals surface area contributed by atoms with Crippen LogP contribution in [0, 0.1) is 0 Å². The molecule has 6 nitrogen and oxygen atoms in total. The van der Waals surface area contributed by atoms with Gasteiger partial charge in [-0.25, -0.2) is 17.9 Å². The van der Waals surface area contributed by atoms with Crippen LogP contribution in [-0.4, -0.2) is 19.5 Å². The van der Waals surface area contributed by atoms with E-state index in [2.05, 4.69) is 4.72 Å². The second-order valence-electron chi connectivity index (χ2n) is 4.09. The Morgan fingerprint density at radius 2 is 2.05 bits per heavy atom. The lowest BCUT2D eigenvalue weighted by Crippen LogP contribution is -2.25. The van der Waals surface area contributed by atoms with Crippen LogP contribution in [0.15, 0.2) is 35.2 Å². The van der Waals surface area contributed by atoms with Gasteiger partial charge in [-0.2, -0.15) is 0 Å². The molecule has 0 amide bonds. The van der Waals surface area contributed by atoms with Crippen molar-refractivity contribution in [1.82, 2.24) is 4.72 Å². The molecule has 112 valence electrons. The van der Waals surface area contributed by atoms with Crippen LogP contribution in [0.1, 0.15) is 15.2 Å². The number of aromatic carboxylic acids is 1. The molecule has 0 aliphatic heterocycles. The van der Waals surface area contributed by atoms with Gasteiger partial charge in [-0.1, -0.05) is 11.6 Å². The average Bonchev–Trinajstić information content (AvgIpc) is 2.82. The highest BCUT2D eigenvalue weighted by Gasteiger charge is 2.22. The summed E-state index contributed by atoms with van der Waals surface area (Å²) >= 11 is 7.00. The molecule has 2 aromatic rings. The van der Waals surface area contributed by atoms with Crippen molar-refractivity contribution in [2.24, 2.45) is 0 Å². The number of benzene rings is 1. The third-order valence-electron chi connectivity index (χ3n) is 2.59. The molecule has 9 heteroatoms. The van der Waals surface area contributed by atoms with E-state index in [0.717, 1.165) is 12.1 Å². The standard InChI is InChI=1S/C12H11ClN2O4S2/c13-11-4-2-8(20-11)6-15-21(18,19)10-5-7(14)1-3-9(10)12(16)17/h1-5,15H,6,14H2,(H,16,17). The van der Waals surface area contributed by atoms with Crippen molar-refractivity contribution in [3.05, 3.63) is 45.1 Å². The molecule has 0 aliphatic rings. The van der Waals surface area contributed by atoms with Crippen molar-refractivity contribution < 1.29 is 18.3 Å². The smallest absolute Gasteiger partial charge is 0.337 e. The van der Waals surface area contributed by atoms with Crippen LogP contribution in [0.4, 0.5) is 5.69 Å². The number of nitrogens with two attached hydrogens (primary N) is 1. The lowest BCUT2D eigenvalue weighted by molar-refractivity contribution is 0.0692. The molecule has 0 saturated heterocycles. The molecule has 1 aromatic heterocycles. The van der Waals surface area contributed by atoms with Gasteiger partial charge in [0.2, 0.25) is 10.0 Å². The molecule has 0 fully saturated rings. The average molecular weight is 347 g/mol. The largest absolute Gasteiger partial charge is 0.478 e. The first kappa shape index (κ1) is 15.8. The van der Waals surface area contributed by atoms with Gasteiger partial charge in [-0.3, -0.25) is 0 Å². The number of carbonyl (C=O) groups is 1. The van der Waals surface area contributed by atoms with Crippen molar-refractivity contribution >= 4 is 44.6 Å². The highest BCUT2D eigenvalue weighted by Crippen LogP contribution is 2.23. The molecule has 0 unspecified atom stereocenters. The molecular weight excluding hydrogens is 336 g/mol. The number of carboxylic acids is 1. The summed E-state index contributed by atoms with van der Waals surface area (Å²) in [6.45, 7) is 0.0214. The van der Waals surface area contributed by atoms with Crippen LogP contribution < -0.4 is 10.5 Å². The number of rotatable bonds is 5. The number of thiophene rings is 1. The van der Waals surface area contributed by atoms with Crippen molar-refractivity contribution in [2.45, 2.75) is 11.4 Å². The first-order valence-corrected chi connectivity index (χ1v) is 8.34. The van der Waals surface area contributed by atoms with Gasteiger partial charge < -0.3 is 10.8 Å². The van der Waals surface area contributed by atoms with Gasteiger partial charge >= 0.3 is 5.97 Å². The summed E-state index contributed by atoms with van der Waals surface area (Å²) in [5.41, 5.74) is 5.37. The van der Waals surface area contributed by atoms with Gasteiger partial charge in [0.15, 0.2) is 0 Å². The predicted octanol–water partition coefficient (Wildman–Crippen LogP) is 2.16. The van der Waals surface area contributed by atoms with Crippen LogP contribution in [0.25, 0.3) is 0 Å². The monoisotopic (exact) mass is 346 g/mol. The van der Waals surface area contributed by atoms with Gasteiger partial charge in [0.25, 0.3) is 0 Å². The third-order valence-corrected chi connectivity index (χ3v) is 5.26. The Labute approximate surface area is 130 Å². The summed E-state index contributed by atoms with van der Waals surface area (Å²) in [4.78, 5) is 11.5. The topological polar surface area (TPSA) is 109 Å². The molecule has 2 rings (SSSR count). The van der Waals surface area contributed by atoms with E-state index in [1.807, 2.05) is 0 Å². The Balaban J connectivity index is 2.31. The van der Waals surface area contributed by atoms with Crippen LogP contribution >= 0.6 is 22.9 Å². The number of carboxylic acid groups (broad SMARTS) is 1. The van der Waals surface area contributed by atoms with E-state index in [0.29, 0.717) is 9.21 Å². The highest BCUT2D eigenvalue weighted by molar-refractivity contribution is 7.89. The lowest BCUT2D eigenvalue weighted by Gasteiger charge is -2.09. The minimum Gasteiger partial charge on any atom is -0.478 e.